The molecule has 0 aromatic heterocycles. The predicted molar refractivity (Wildman–Crippen MR) is 118 cm³/mol. The van der Waals surface area contributed by atoms with Gasteiger partial charge in [0.05, 0.1) is 12.7 Å². The number of benzene rings is 2. The van der Waals surface area contributed by atoms with Gasteiger partial charge in [-0.25, -0.2) is 0 Å². The number of aliphatic hydroxyl groups excluding tert-OH is 1. The van der Waals surface area contributed by atoms with Crippen molar-refractivity contribution < 1.29 is 19.4 Å². The first-order chi connectivity index (χ1) is 15.1. The molecule has 0 radical (unpaired) electrons. The maximum Gasteiger partial charge on any atom is 0.261 e. The fourth-order valence-corrected chi connectivity index (χ4v) is 4.33. The van der Waals surface area contributed by atoms with Gasteiger partial charge < -0.3 is 9.84 Å². The van der Waals surface area contributed by atoms with Crippen LogP contribution in [0.5, 0.6) is 0 Å². The van der Waals surface area contributed by atoms with E-state index in [-0.39, 0.29) is 25.0 Å². The van der Waals surface area contributed by atoms with Crippen molar-refractivity contribution in [1.29, 1.82) is 0 Å². The summed E-state index contributed by atoms with van der Waals surface area (Å²) in [6.07, 6.45) is 4.57. The predicted octanol–water partition coefficient (Wildman–Crippen LogP) is 1.06. The number of β-amino-alcohol motifs (C(OH)–C–C–N with tert-alkyl or cyclic N) is 1. The van der Waals surface area contributed by atoms with Crippen LogP contribution < -0.4 is 0 Å². The number of piperazine rings is 1. The first-order valence-corrected chi connectivity index (χ1v) is 10.6. The van der Waals surface area contributed by atoms with Crippen molar-refractivity contribution in [2.45, 2.75) is 6.10 Å². The molecule has 2 heterocycles. The van der Waals surface area contributed by atoms with Gasteiger partial charge in [-0.05, 0) is 17.5 Å². The normalized spacial score (nSPS) is 18.4. The number of aliphatic hydroxyl groups is 1. The number of terminal acetylenes is 1. The minimum absolute atomic E-state index is 0.206. The molecule has 1 fully saturated rings. The number of carbonyl (C=O) groups is 2. The second-order valence-corrected chi connectivity index (χ2v) is 7.99. The smallest absolute Gasteiger partial charge is 0.261 e. The van der Waals surface area contributed by atoms with E-state index >= 15 is 0 Å². The highest BCUT2D eigenvalue weighted by Crippen LogP contribution is 2.29. The Bertz CT molecular complexity index is 957. The third-order valence-electron chi connectivity index (χ3n) is 5.93. The van der Waals surface area contributed by atoms with Crippen LogP contribution in [0.25, 0.3) is 10.8 Å². The molecule has 31 heavy (non-hydrogen) atoms. The molecule has 1 atom stereocenters. The molecule has 2 aliphatic rings. The summed E-state index contributed by atoms with van der Waals surface area (Å²) < 4.78 is 5.19. The monoisotopic (exact) mass is 421 g/mol. The van der Waals surface area contributed by atoms with Crippen molar-refractivity contribution in [3.8, 4) is 12.3 Å². The van der Waals surface area contributed by atoms with Crippen LogP contribution in [0.15, 0.2) is 36.4 Å². The summed E-state index contributed by atoms with van der Waals surface area (Å²) >= 11 is 0. The Morgan fingerprint density at radius 1 is 0.968 bits per heavy atom. The Balaban J connectivity index is 1.30. The van der Waals surface area contributed by atoms with Crippen molar-refractivity contribution >= 4 is 22.6 Å². The summed E-state index contributed by atoms with van der Waals surface area (Å²) in [5, 5.41) is 11.7. The fraction of sp³-hybridized carbons (Fsp3) is 0.417. The number of hydrogen-bond acceptors (Lipinski definition) is 6. The molecule has 2 aliphatic heterocycles. The van der Waals surface area contributed by atoms with Crippen molar-refractivity contribution in [1.82, 2.24) is 14.7 Å². The molecule has 2 aromatic carbocycles. The van der Waals surface area contributed by atoms with E-state index in [1.807, 2.05) is 24.3 Å². The molecular formula is C24H27N3O4. The van der Waals surface area contributed by atoms with E-state index in [1.54, 1.807) is 12.1 Å². The van der Waals surface area contributed by atoms with Gasteiger partial charge in [0.1, 0.15) is 6.61 Å². The number of carbonyl (C=O) groups excluding carboxylic acids is 2. The van der Waals surface area contributed by atoms with Crippen molar-refractivity contribution in [3.05, 3.63) is 47.5 Å². The number of imide groups is 1. The molecule has 0 spiro atoms. The lowest BCUT2D eigenvalue weighted by molar-refractivity contribution is 0.0153. The number of nitrogens with zero attached hydrogens (tertiary/aromatic N) is 3. The summed E-state index contributed by atoms with van der Waals surface area (Å²) in [7, 11) is 0. The van der Waals surface area contributed by atoms with Gasteiger partial charge in [0, 0.05) is 62.3 Å². The third kappa shape index (κ3) is 4.63. The zero-order chi connectivity index (χ0) is 21.8. The SMILES string of the molecule is C#CCOC[C@@H](O)CN1CCN(CCN2C(=O)c3cccc4cccc(c34)C2=O)CC1. The zero-order valence-electron chi connectivity index (χ0n) is 17.5. The average Bonchev–Trinajstić information content (AvgIpc) is 2.78. The Kier molecular flexibility index (Phi) is 6.64. The lowest BCUT2D eigenvalue weighted by Crippen LogP contribution is -2.51. The minimum Gasteiger partial charge on any atom is -0.389 e. The van der Waals surface area contributed by atoms with Crippen molar-refractivity contribution in [2.24, 2.45) is 0 Å². The van der Waals surface area contributed by atoms with E-state index in [0.29, 0.717) is 30.8 Å². The average molecular weight is 421 g/mol. The standard InChI is InChI=1S/C24H27N3O4/c1-2-15-31-17-19(28)16-26-11-9-25(10-12-26)13-14-27-23(29)20-7-3-5-18-6-4-8-21(22(18)20)24(27)30/h1,3-8,19,28H,9-17H2/t19-/m0/s1. The van der Waals surface area contributed by atoms with Gasteiger partial charge in [-0.3, -0.25) is 24.3 Å². The molecular weight excluding hydrogens is 394 g/mol. The van der Waals surface area contributed by atoms with E-state index in [0.717, 1.165) is 37.0 Å². The van der Waals surface area contributed by atoms with E-state index in [9.17, 15) is 14.7 Å². The van der Waals surface area contributed by atoms with Gasteiger partial charge in [0.2, 0.25) is 0 Å². The Labute approximate surface area is 182 Å². The minimum atomic E-state index is -0.564. The number of amides is 2. The van der Waals surface area contributed by atoms with Crippen LogP contribution in [0.2, 0.25) is 0 Å². The van der Waals surface area contributed by atoms with Crippen LogP contribution in [0, 0.1) is 12.3 Å². The van der Waals surface area contributed by atoms with Crippen LogP contribution in [0.3, 0.4) is 0 Å². The van der Waals surface area contributed by atoms with Crippen LogP contribution in [-0.4, -0.2) is 96.8 Å². The van der Waals surface area contributed by atoms with Gasteiger partial charge in [0.15, 0.2) is 0 Å². The quantitative estimate of drug-likeness (QED) is 0.391. The molecule has 7 heteroatoms. The molecule has 1 saturated heterocycles. The third-order valence-corrected chi connectivity index (χ3v) is 5.93. The highest BCUT2D eigenvalue weighted by Gasteiger charge is 2.32. The van der Waals surface area contributed by atoms with Gasteiger partial charge in [-0.1, -0.05) is 30.2 Å². The highest BCUT2D eigenvalue weighted by molar-refractivity contribution is 6.25. The number of rotatable bonds is 8. The van der Waals surface area contributed by atoms with E-state index in [4.69, 9.17) is 11.2 Å². The van der Waals surface area contributed by atoms with Crippen molar-refractivity contribution in [2.75, 3.05) is 59.0 Å². The molecule has 4 rings (SSSR count). The lowest BCUT2D eigenvalue weighted by atomic mass is 9.94. The molecule has 162 valence electrons. The molecule has 2 aromatic rings. The number of ether oxygens (including phenoxy) is 1. The second-order valence-electron chi connectivity index (χ2n) is 7.99. The number of hydrogen-bond donors (Lipinski definition) is 1. The van der Waals surface area contributed by atoms with Gasteiger partial charge >= 0.3 is 0 Å². The first-order valence-electron chi connectivity index (χ1n) is 10.6. The van der Waals surface area contributed by atoms with Gasteiger partial charge in [-0.2, -0.15) is 0 Å². The maximum atomic E-state index is 13.0. The molecule has 1 N–H and O–H groups in total. The van der Waals surface area contributed by atoms with Crippen LogP contribution >= 0.6 is 0 Å². The Morgan fingerprint density at radius 3 is 2.19 bits per heavy atom. The summed E-state index contributed by atoms with van der Waals surface area (Å²) in [5.74, 6) is 1.95. The molecule has 2 amide bonds. The molecule has 0 unspecified atom stereocenters. The highest BCUT2D eigenvalue weighted by atomic mass is 16.5. The molecule has 0 aliphatic carbocycles. The van der Waals surface area contributed by atoms with Crippen molar-refractivity contribution in [3.63, 3.8) is 0 Å². The molecule has 0 saturated carbocycles. The van der Waals surface area contributed by atoms with E-state index in [1.165, 1.54) is 4.90 Å². The maximum absolute atomic E-state index is 13.0. The van der Waals surface area contributed by atoms with Crippen LogP contribution in [-0.2, 0) is 4.74 Å². The summed E-state index contributed by atoms with van der Waals surface area (Å²) in [6, 6.07) is 11.2. The first kappa shape index (κ1) is 21.5. The lowest BCUT2D eigenvalue weighted by Gasteiger charge is -2.36. The second kappa shape index (κ2) is 9.58. The molecule has 0 bridgehead atoms. The van der Waals surface area contributed by atoms with Gasteiger partial charge in [0.25, 0.3) is 11.8 Å². The molecule has 7 nitrogen and oxygen atoms in total. The summed E-state index contributed by atoms with van der Waals surface area (Å²) in [6.45, 7) is 5.26. The summed E-state index contributed by atoms with van der Waals surface area (Å²) in [4.78, 5) is 31.8. The van der Waals surface area contributed by atoms with E-state index in [2.05, 4.69) is 15.7 Å². The Hall–Kier alpha value is -2.76. The van der Waals surface area contributed by atoms with Crippen LogP contribution in [0.1, 0.15) is 20.7 Å². The zero-order valence-corrected chi connectivity index (χ0v) is 17.5. The summed E-state index contributed by atoms with van der Waals surface area (Å²) in [5.41, 5.74) is 1.19. The Morgan fingerprint density at radius 2 is 1.58 bits per heavy atom. The topological polar surface area (TPSA) is 73.3 Å². The van der Waals surface area contributed by atoms with Gasteiger partial charge in [-0.15, -0.1) is 6.42 Å². The fourth-order valence-electron chi connectivity index (χ4n) is 4.33. The van der Waals surface area contributed by atoms with Crippen LogP contribution in [0.4, 0.5) is 0 Å². The largest absolute Gasteiger partial charge is 0.389 e. The van der Waals surface area contributed by atoms with E-state index < -0.39 is 6.10 Å².